The Morgan fingerprint density at radius 1 is 1.18 bits per heavy atom. The summed E-state index contributed by atoms with van der Waals surface area (Å²) < 4.78 is 5.97. The van der Waals surface area contributed by atoms with Crippen LogP contribution in [-0.2, 0) is 15.0 Å². The van der Waals surface area contributed by atoms with Crippen LogP contribution in [0, 0.1) is 0 Å². The minimum atomic E-state index is -2.64. The van der Waals surface area contributed by atoms with E-state index in [2.05, 4.69) is 20.6 Å². The number of ether oxygens (including phenoxy) is 1. The number of nitrogens with one attached hydrogen (secondary N) is 2. The van der Waals surface area contributed by atoms with E-state index in [-0.39, 0.29) is 55.1 Å². The molecular weight excluding hydrogens is 508 g/mol. The zero-order valence-corrected chi connectivity index (χ0v) is 21.1. The number of hydrogen-bond donors (Lipinski definition) is 6. The Bertz CT molecular complexity index is 1360. The average molecular weight is 539 g/mol. The monoisotopic (exact) mass is 538 g/mol. The topological polar surface area (TPSA) is 208 Å². The molecule has 3 amide bonds. The molecule has 1 aliphatic carbocycles. The fourth-order valence-corrected chi connectivity index (χ4v) is 7.08. The third-order valence-electron chi connectivity index (χ3n) is 9.27. The summed E-state index contributed by atoms with van der Waals surface area (Å²) in [4.78, 5) is 49.4. The van der Waals surface area contributed by atoms with Gasteiger partial charge >= 0.3 is 0 Å². The molecule has 0 aromatic heterocycles. The molecule has 0 radical (unpaired) electrons. The predicted molar refractivity (Wildman–Crippen MR) is 135 cm³/mol. The van der Waals surface area contributed by atoms with E-state index in [1.807, 2.05) is 12.1 Å². The van der Waals surface area contributed by atoms with Gasteiger partial charge in [-0.2, -0.15) is 0 Å². The highest BCUT2D eigenvalue weighted by Crippen LogP contribution is 2.52. The van der Waals surface area contributed by atoms with Crippen LogP contribution in [0.25, 0.3) is 0 Å². The molecule has 0 bridgehead atoms. The Balaban J connectivity index is 1.19. The first-order valence-corrected chi connectivity index (χ1v) is 13.1. The van der Waals surface area contributed by atoms with Crippen molar-refractivity contribution >= 4 is 29.6 Å². The van der Waals surface area contributed by atoms with Crippen molar-refractivity contribution in [3.63, 3.8) is 0 Å². The fourth-order valence-electron chi connectivity index (χ4n) is 7.08. The molecule has 5 aliphatic heterocycles. The first-order valence-electron chi connectivity index (χ1n) is 13.1. The lowest BCUT2D eigenvalue weighted by Gasteiger charge is -2.49. The van der Waals surface area contributed by atoms with E-state index < -0.39 is 35.5 Å². The average Bonchev–Trinajstić information content (AvgIpc) is 3.58. The van der Waals surface area contributed by atoms with E-state index in [0.29, 0.717) is 17.9 Å². The molecule has 8 N–H and O–H groups in total. The molecule has 39 heavy (non-hydrogen) atoms. The quantitative estimate of drug-likeness (QED) is 0.174. The van der Waals surface area contributed by atoms with Crippen LogP contribution in [0.4, 0.5) is 0 Å². The molecule has 1 aromatic rings. The molecule has 14 nitrogen and oxygen atoms in total. The first kappa shape index (κ1) is 24.2. The molecule has 206 valence electrons. The van der Waals surface area contributed by atoms with Crippen molar-refractivity contribution in [2.24, 2.45) is 21.5 Å². The van der Waals surface area contributed by atoms with Crippen LogP contribution in [0.1, 0.15) is 48.0 Å². The molecule has 1 unspecified atom stereocenters. The number of para-hydroxylation sites is 1. The maximum atomic E-state index is 13.5. The number of hydrogen-bond acceptors (Lipinski definition) is 12. The third kappa shape index (κ3) is 3.06. The van der Waals surface area contributed by atoms with Crippen LogP contribution >= 0.6 is 0 Å². The number of imide groups is 1. The number of fused-ring (bicyclic) bond motifs is 2. The number of nitrogens with two attached hydrogens (primary N) is 2. The third-order valence-corrected chi connectivity index (χ3v) is 9.27. The van der Waals surface area contributed by atoms with E-state index in [9.17, 15) is 24.6 Å². The zero-order chi connectivity index (χ0) is 27.3. The molecule has 1 saturated carbocycles. The van der Waals surface area contributed by atoms with Gasteiger partial charge in [0, 0.05) is 30.4 Å². The molecule has 7 rings (SSSR count). The van der Waals surface area contributed by atoms with Crippen molar-refractivity contribution in [1.82, 2.24) is 20.4 Å². The van der Waals surface area contributed by atoms with Gasteiger partial charge in [-0.15, -0.1) is 0 Å². The number of aliphatic imine (C=N–C) groups is 2. The number of rotatable bonds is 4. The highest BCUT2D eigenvalue weighted by atomic mass is 16.5. The van der Waals surface area contributed by atoms with Crippen molar-refractivity contribution in [3.8, 4) is 5.75 Å². The summed E-state index contributed by atoms with van der Waals surface area (Å²) in [5, 5.41) is 29.0. The summed E-state index contributed by atoms with van der Waals surface area (Å²) in [6.45, 7) is 0.267. The van der Waals surface area contributed by atoms with Gasteiger partial charge in [-0.3, -0.25) is 19.3 Å². The highest BCUT2D eigenvalue weighted by Gasteiger charge is 2.73. The van der Waals surface area contributed by atoms with E-state index in [4.69, 9.17) is 16.2 Å². The maximum absolute atomic E-state index is 13.5. The molecule has 1 aromatic carbocycles. The number of amides is 3. The van der Waals surface area contributed by atoms with Crippen molar-refractivity contribution in [3.05, 3.63) is 29.3 Å². The molecule has 4 atom stereocenters. The second-order valence-electron chi connectivity index (χ2n) is 11.3. The number of aliphatic hydroxyl groups is 2. The van der Waals surface area contributed by atoms with Gasteiger partial charge in [0.15, 0.2) is 17.6 Å². The summed E-state index contributed by atoms with van der Waals surface area (Å²) in [5.74, 6) is -3.47. The normalized spacial score (nSPS) is 33.0. The molecule has 5 heterocycles. The number of likely N-dealkylation sites (tertiary alicyclic amines) is 1. The van der Waals surface area contributed by atoms with Gasteiger partial charge in [-0.1, -0.05) is 18.6 Å². The number of nitrogens with zero attached hydrogens (tertiary/aromatic N) is 4. The van der Waals surface area contributed by atoms with Crippen molar-refractivity contribution in [2.75, 3.05) is 19.7 Å². The Morgan fingerprint density at radius 2 is 1.92 bits per heavy atom. The van der Waals surface area contributed by atoms with Crippen LogP contribution < -0.4 is 26.8 Å². The Morgan fingerprint density at radius 3 is 2.62 bits per heavy atom. The zero-order valence-electron chi connectivity index (χ0n) is 21.1. The minimum absolute atomic E-state index is 0.0514. The van der Waals surface area contributed by atoms with Gasteiger partial charge in [0.1, 0.15) is 17.8 Å². The fraction of sp³-hybridized carbons (Fsp3) is 0.560. The van der Waals surface area contributed by atoms with E-state index in [1.165, 1.54) is 4.90 Å². The Labute approximate surface area is 223 Å². The molecule has 2 spiro atoms. The second kappa shape index (κ2) is 7.82. The second-order valence-corrected chi connectivity index (χ2v) is 11.3. The molecule has 6 aliphatic rings. The molecule has 3 fully saturated rings. The Kier molecular flexibility index (Phi) is 4.84. The lowest BCUT2D eigenvalue weighted by molar-refractivity contribution is -0.230. The SMILES string of the molecule is NC1=N[C@H]2[C@H](CN3C(=O)CCC3=O)N=C(N)N3CC(NC(=O)c4cccc5c4OCC54CCC4)C(O)(O)[C@]23N1. The van der Waals surface area contributed by atoms with Crippen LogP contribution in [0.5, 0.6) is 5.75 Å². The van der Waals surface area contributed by atoms with Gasteiger partial charge in [-0.05, 0) is 18.9 Å². The van der Waals surface area contributed by atoms with Gasteiger partial charge < -0.3 is 42.0 Å². The van der Waals surface area contributed by atoms with Crippen LogP contribution in [0.2, 0.25) is 0 Å². The van der Waals surface area contributed by atoms with Gasteiger partial charge in [0.2, 0.25) is 17.6 Å². The van der Waals surface area contributed by atoms with Gasteiger partial charge in [-0.25, -0.2) is 9.98 Å². The standard InChI is InChI=1S/C25H30N8O6/c26-21-30-19-14(9-32-16(34)5-6-17(32)35)28-22(27)33-10-15(25(37,38)24(19,33)31-21)29-20(36)12-3-1-4-13-18(12)39-11-23(13)7-2-8-23/h1,3-4,14-15,19,37-38H,2,5-11H2,(H2,27,28)(H,29,36)(H3,26,30,31)/t14-,15?,19-,24-/m0/s1. The van der Waals surface area contributed by atoms with E-state index in [0.717, 1.165) is 29.7 Å². The van der Waals surface area contributed by atoms with Gasteiger partial charge in [0.05, 0.1) is 24.8 Å². The summed E-state index contributed by atoms with van der Waals surface area (Å²) in [5.41, 5.74) is 11.8. The van der Waals surface area contributed by atoms with E-state index >= 15 is 0 Å². The van der Waals surface area contributed by atoms with Gasteiger partial charge in [0.25, 0.3) is 5.91 Å². The Hall–Kier alpha value is -3.91. The summed E-state index contributed by atoms with van der Waals surface area (Å²) >= 11 is 0. The smallest absolute Gasteiger partial charge is 0.255 e. The predicted octanol–water partition coefficient (Wildman–Crippen LogP) is -2.58. The highest BCUT2D eigenvalue weighted by molar-refractivity contribution is 6.02. The minimum Gasteiger partial charge on any atom is -0.492 e. The number of carbonyl (C=O) groups is 3. The summed E-state index contributed by atoms with van der Waals surface area (Å²) in [6, 6.07) is 2.29. The maximum Gasteiger partial charge on any atom is 0.255 e. The van der Waals surface area contributed by atoms with Crippen molar-refractivity contribution < 1.29 is 29.3 Å². The van der Waals surface area contributed by atoms with E-state index in [1.54, 1.807) is 6.07 Å². The lowest BCUT2D eigenvalue weighted by atomic mass is 9.66. The van der Waals surface area contributed by atoms with Crippen LogP contribution in [0.3, 0.4) is 0 Å². The largest absolute Gasteiger partial charge is 0.492 e. The molecular formula is C25H30N8O6. The first-order chi connectivity index (χ1) is 18.6. The molecule has 14 heteroatoms. The van der Waals surface area contributed by atoms with Crippen molar-refractivity contribution in [1.29, 1.82) is 0 Å². The summed E-state index contributed by atoms with van der Waals surface area (Å²) in [6.07, 6.45) is 3.32. The number of guanidine groups is 2. The number of benzene rings is 1. The van der Waals surface area contributed by atoms with Crippen LogP contribution in [-0.4, -0.2) is 98.9 Å². The van der Waals surface area contributed by atoms with Crippen molar-refractivity contribution in [2.45, 2.75) is 67.1 Å². The molecule has 2 saturated heterocycles. The van der Waals surface area contributed by atoms with Crippen LogP contribution in [0.15, 0.2) is 28.2 Å². The number of carbonyl (C=O) groups excluding carboxylic acids is 3. The lowest BCUT2D eigenvalue weighted by Crippen LogP contribution is -2.78. The summed E-state index contributed by atoms with van der Waals surface area (Å²) in [7, 11) is 0.